The van der Waals surface area contributed by atoms with E-state index in [0.717, 1.165) is 16.8 Å². The molecule has 1 heterocycles. The summed E-state index contributed by atoms with van der Waals surface area (Å²) in [4.78, 5) is 12.6. The van der Waals surface area contributed by atoms with E-state index in [9.17, 15) is 4.79 Å². The van der Waals surface area contributed by atoms with Crippen LogP contribution in [0.3, 0.4) is 0 Å². The molecule has 0 amide bonds. The molecular formula is C18H18NO3+. The number of methoxy groups -OCH3 is 2. The largest absolute Gasteiger partial charge is 0.493 e. The molecule has 1 aromatic heterocycles. The monoisotopic (exact) mass is 296 g/mol. The van der Waals surface area contributed by atoms with Crippen molar-refractivity contribution in [3.63, 3.8) is 0 Å². The van der Waals surface area contributed by atoms with Crippen LogP contribution in [0.5, 0.6) is 11.5 Å². The van der Waals surface area contributed by atoms with Gasteiger partial charge in [-0.05, 0) is 23.8 Å². The molecule has 0 radical (unpaired) electrons. The predicted octanol–water partition coefficient (Wildman–Crippen LogP) is 2.35. The van der Waals surface area contributed by atoms with Crippen molar-refractivity contribution in [3.8, 4) is 11.5 Å². The van der Waals surface area contributed by atoms with Crippen LogP contribution in [0.1, 0.15) is 21.6 Å². The molecule has 0 spiro atoms. The minimum absolute atomic E-state index is 0.0554. The average molecular weight is 296 g/mol. The number of rotatable bonds is 3. The Labute approximate surface area is 129 Å². The summed E-state index contributed by atoms with van der Waals surface area (Å²) in [6.07, 6.45) is 4.52. The zero-order valence-corrected chi connectivity index (χ0v) is 12.9. The summed E-state index contributed by atoms with van der Waals surface area (Å²) < 4.78 is 12.6. The van der Waals surface area contributed by atoms with Gasteiger partial charge in [0.1, 0.15) is 7.05 Å². The van der Waals surface area contributed by atoms with Gasteiger partial charge in [-0.3, -0.25) is 4.79 Å². The summed E-state index contributed by atoms with van der Waals surface area (Å²) in [5, 5.41) is 0. The molecule has 1 aliphatic rings. The van der Waals surface area contributed by atoms with Crippen LogP contribution in [0.15, 0.2) is 42.1 Å². The number of carbonyl (C=O) groups is 1. The van der Waals surface area contributed by atoms with Gasteiger partial charge in [-0.25, -0.2) is 4.57 Å². The van der Waals surface area contributed by atoms with E-state index in [0.29, 0.717) is 23.5 Å². The number of nitrogens with zero attached hydrogens (tertiary/aromatic N) is 1. The molecule has 22 heavy (non-hydrogen) atoms. The molecule has 4 nitrogen and oxygen atoms in total. The number of ketones is 1. The lowest BCUT2D eigenvalue weighted by atomic mass is 10.1. The van der Waals surface area contributed by atoms with Crippen molar-refractivity contribution in [2.24, 2.45) is 7.05 Å². The Hall–Kier alpha value is -2.62. The number of hydrogen-bond donors (Lipinski definition) is 0. The van der Waals surface area contributed by atoms with Gasteiger partial charge in [0.2, 0.25) is 5.69 Å². The van der Waals surface area contributed by atoms with E-state index in [1.54, 1.807) is 20.3 Å². The second-order valence-corrected chi connectivity index (χ2v) is 5.28. The van der Waals surface area contributed by atoms with Crippen molar-refractivity contribution in [2.75, 3.05) is 14.2 Å². The van der Waals surface area contributed by atoms with Gasteiger partial charge in [0.25, 0.3) is 0 Å². The number of benzene rings is 1. The Morgan fingerprint density at radius 2 is 1.86 bits per heavy atom. The van der Waals surface area contributed by atoms with E-state index >= 15 is 0 Å². The first kappa shape index (κ1) is 14.3. The van der Waals surface area contributed by atoms with Crippen LogP contribution < -0.4 is 14.0 Å². The van der Waals surface area contributed by atoms with Crippen molar-refractivity contribution in [1.29, 1.82) is 0 Å². The van der Waals surface area contributed by atoms with Crippen molar-refractivity contribution in [2.45, 2.75) is 6.42 Å². The number of Topliss-reactive ketones (excluding diaryl/α,β-unsaturated/α-hetero) is 1. The molecule has 0 N–H and O–H groups in total. The summed E-state index contributed by atoms with van der Waals surface area (Å²) in [6.45, 7) is 0. The quantitative estimate of drug-likeness (QED) is 0.645. The normalized spacial score (nSPS) is 15.0. The highest BCUT2D eigenvalue weighted by molar-refractivity contribution is 6.15. The van der Waals surface area contributed by atoms with E-state index in [4.69, 9.17) is 9.47 Å². The van der Waals surface area contributed by atoms with Gasteiger partial charge in [-0.2, -0.15) is 0 Å². The molecule has 2 aromatic rings. The van der Waals surface area contributed by atoms with Crippen LogP contribution in [0, 0.1) is 0 Å². The third-order valence-electron chi connectivity index (χ3n) is 3.94. The third kappa shape index (κ3) is 2.37. The number of allylic oxidation sites excluding steroid dienone is 1. The predicted molar refractivity (Wildman–Crippen MR) is 83.2 cm³/mol. The van der Waals surface area contributed by atoms with Gasteiger partial charge in [-0.1, -0.05) is 0 Å². The fraction of sp³-hybridized carbons (Fsp3) is 0.222. The lowest BCUT2D eigenvalue weighted by Crippen LogP contribution is -2.30. The Balaban J connectivity index is 2.03. The van der Waals surface area contributed by atoms with Gasteiger partial charge >= 0.3 is 0 Å². The van der Waals surface area contributed by atoms with Crippen molar-refractivity contribution >= 4 is 11.9 Å². The van der Waals surface area contributed by atoms with Gasteiger partial charge in [0, 0.05) is 35.8 Å². The highest BCUT2D eigenvalue weighted by Gasteiger charge is 2.27. The third-order valence-corrected chi connectivity index (χ3v) is 3.94. The standard InChI is InChI=1S/C18H18NO3/c1-19-7-5-4-6-14(19)9-13-8-12-10-16(21-2)17(22-3)11-15(12)18(13)20/h4-7,9-11H,8H2,1-3H3/q+1/b13-9+. The number of fused-ring (bicyclic) bond motifs is 1. The van der Waals surface area contributed by atoms with Crippen LogP contribution in [0.2, 0.25) is 0 Å². The molecule has 0 aliphatic heterocycles. The molecular weight excluding hydrogens is 278 g/mol. The van der Waals surface area contributed by atoms with Crippen LogP contribution in [0.4, 0.5) is 0 Å². The molecule has 0 atom stereocenters. The molecule has 1 aliphatic carbocycles. The Morgan fingerprint density at radius 3 is 2.55 bits per heavy atom. The van der Waals surface area contributed by atoms with Gasteiger partial charge in [-0.15, -0.1) is 0 Å². The summed E-state index contributed by atoms with van der Waals surface area (Å²) in [5.74, 6) is 1.29. The summed E-state index contributed by atoms with van der Waals surface area (Å²) in [5.41, 5.74) is 3.46. The Bertz CT molecular complexity index is 778. The van der Waals surface area contributed by atoms with E-state index in [1.807, 2.05) is 48.2 Å². The van der Waals surface area contributed by atoms with Gasteiger partial charge < -0.3 is 9.47 Å². The Kier molecular flexibility index (Phi) is 3.67. The van der Waals surface area contributed by atoms with Crippen LogP contribution >= 0.6 is 0 Å². The highest BCUT2D eigenvalue weighted by atomic mass is 16.5. The number of aryl methyl sites for hydroxylation is 1. The van der Waals surface area contributed by atoms with E-state index in [2.05, 4.69) is 0 Å². The minimum Gasteiger partial charge on any atom is -0.493 e. The number of carbonyl (C=O) groups excluding carboxylic acids is 1. The van der Waals surface area contributed by atoms with Crippen LogP contribution in [0.25, 0.3) is 6.08 Å². The summed E-state index contributed by atoms with van der Waals surface area (Å²) >= 11 is 0. The van der Waals surface area contributed by atoms with Crippen LogP contribution in [-0.2, 0) is 13.5 Å². The maximum atomic E-state index is 12.6. The molecule has 4 heteroatoms. The highest BCUT2D eigenvalue weighted by Crippen LogP contribution is 2.36. The Morgan fingerprint density at radius 1 is 1.14 bits per heavy atom. The zero-order chi connectivity index (χ0) is 15.7. The minimum atomic E-state index is 0.0554. The average Bonchev–Trinajstić information content (AvgIpc) is 2.84. The lowest BCUT2D eigenvalue weighted by Gasteiger charge is -2.08. The second kappa shape index (κ2) is 5.64. The fourth-order valence-electron chi connectivity index (χ4n) is 2.72. The van der Waals surface area contributed by atoms with Gasteiger partial charge in [0.15, 0.2) is 23.5 Å². The van der Waals surface area contributed by atoms with Crippen molar-refractivity contribution in [1.82, 2.24) is 0 Å². The van der Waals surface area contributed by atoms with E-state index in [-0.39, 0.29) is 5.78 Å². The molecule has 0 fully saturated rings. The maximum absolute atomic E-state index is 12.6. The van der Waals surface area contributed by atoms with Crippen molar-refractivity contribution in [3.05, 3.63) is 58.9 Å². The number of pyridine rings is 1. The lowest BCUT2D eigenvalue weighted by molar-refractivity contribution is -0.673. The number of ether oxygens (including phenoxy) is 2. The first-order chi connectivity index (χ1) is 10.6. The SMILES string of the molecule is COc1cc2c(cc1OC)C(=O)/C(=C/c1cccc[n+]1C)C2. The van der Waals surface area contributed by atoms with Crippen molar-refractivity contribution < 1.29 is 18.8 Å². The molecule has 3 rings (SSSR count). The molecule has 0 unspecified atom stereocenters. The number of hydrogen-bond acceptors (Lipinski definition) is 3. The molecule has 1 aromatic carbocycles. The molecule has 0 saturated carbocycles. The second-order valence-electron chi connectivity index (χ2n) is 5.28. The van der Waals surface area contributed by atoms with Crippen LogP contribution in [-0.4, -0.2) is 20.0 Å². The zero-order valence-electron chi connectivity index (χ0n) is 12.9. The number of aromatic nitrogens is 1. The van der Waals surface area contributed by atoms with E-state index < -0.39 is 0 Å². The first-order valence-corrected chi connectivity index (χ1v) is 7.09. The maximum Gasteiger partial charge on any atom is 0.205 e. The fourth-order valence-corrected chi connectivity index (χ4v) is 2.72. The molecule has 0 saturated heterocycles. The molecule has 0 bridgehead atoms. The first-order valence-electron chi connectivity index (χ1n) is 7.09. The van der Waals surface area contributed by atoms with E-state index in [1.165, 1.54) is 0 Å². The molecule has 112 valence electrons. The summed E-state index contributed by atoms with van der Waals surface area (Å²) in [6, 6.07) is 9.57. The topological polar surface area (TPSA) is 39.4 Å². The summed E-state index contributed by atoms with van der Waals surface area (Å²) in [7, 11) is 5.14. The smallest absolute Gasteiger partial charge is 0.205 e. The van der Waals surface area contributed by atoms with Gasteiger partial charge in [0.05, 0.1) is 14.2 Å².